The molecule has 0 bridgehead atoms. The summed E-state index contributed by atoms with van der Waals surface area (Å²) in [4.78, 5) is 82.9. The highest BCUT2D eigenvalue weighted by Gasteiger charge is 2.13. The van der Waals surface area contributed by atoms with Crippen molar-refractivity contribution in [3.63, 3.8) is 0 Å². The number of nitrogens with one attached hydrogen (secondary N) is 4. The molecule has 0 aromatic heterocycles. The van der Waals surface area contributed by atoms with Crippen molar-refractivity contribution in [3.8, 4) is 0 Å². The molecule has 0 aliphatic heterocycles. The molecule has 0 aliphatic rings. The molecular formula is C84H176N4O16P4. The van der Waals surface area contributed by atoms with E-state index in [0.717, 1.165) is 180 Å². The Morgan fingerprint density at radius 1 is 0.204 bits per heavy atom. The van der Waals surface area contributed by atoms with Gasteiger partial charge in [0.1, 0.15) is 0 Å². The average Bonchev–Trinajstić information content (AvgIpc) is 1.10. The summed E-state index contributed by atoms with van der Waals surface area (Å²) in [6, 6.07) is 0. The first-order valence-electron chi connectivity index (χ1n) is 44.7. The summed E-state index contributed by atoms with van der Waals surface area (Å²) in [5.74, 6) is 0.671. The molecule has 0 aromatic carbocycles. The lowest BCUT2D eigenvalue weighted by Crippen LogP contribution is -2.23. The zero-order valence-electron chi connectivity index (χ0n) is 71.4. The van der Waals surface area contributed by atoms with E-state index in [2.05, 4.69) is 49.0 Å². The Balaban J connectivity index is -0.000000669. The Morgan fingerprint density at radius 2 is 0.324 bits per heavy atom. The number of carbonyl (C=O) groups excluding carboxylic acids is 4. The van der Waals surface area contributed by atoms with Crippen LogP contribution in [0.5, 0.6) is 0 Å². The highest BCUT2D eigenvalue weighted by atomic mass is 31.2. The van der Waals surface area contributed by atoms with Crippen molar-refractivity contribution in [2.24, 2.45) is 0 Å². The van der Waals surface area contributed by atoms with Gasteiger partial charge < -0.3 is 58.9 Å². The van der Waals surface area contributed by atoms with Crippen LogP contribution in [0.2, 0.25) is 0 Å². The smallest absolute Gasteiger partial charge is 0.325 e. The van der Waals surface area contributed by atoms with Crippen LogP contribution in [0.3, 0.4) is 0 Å². The fourth-order valence-electron chi connectivity index (χ4n) is 12.3. The predicted octanol–water partition coefficient (Wildman–Crippen LogP) is 24.8. The van der Waals surface area contributed by atoms with E-state index < -0.39 is 30.4 Å². The molecule has 0 aliphatic carbocycles. The van der Waals surface area contributed by atoms with Gasteiger partial charge in [0.25, 0.3) is 0 Å². The minimum Gasteiger partial charge on any atom is -0.356 e. The molecule has 0 heterocycles. The molecule has 0 saturated carbocycles. The highest BCUT2D eigenvalue weighted by molar-refractivity contribution is 7.52. The molecule has 4 amide bonds. The Labute approximate surface area is 664 Å². The van der Waals surface area contributed by atoms with Gasteiger partial charge in [0.05, 0.1) is 26.4 Å². The quantitative estimate of drug-likeness (QED) is 0.0207. The van der Waals surface area contributed by atoms with Crippen molar-refractivity contribution in [1.29, 1.82) is 0 Å². The number of carbonyl (C=O) groups is 4. The second-order valence-corrected chi connectivity index (χ2v) is 38.2. The third-order valence-electron chi connectivity index (χ3n) is 18.9. The highest BCUT2D eigenvalue weighted by Crippen LogP contribution is 2.38. The van der Waals surface area contributed by atoms with Gasteiger partial charge in [-0.3, -0.25) is 37.4 Å². The molecule has 648 valence electrons. The third-order valence-corrected chi connectivity index (χ3v) is 21.6. The predicted molar refractivity (Wildman–Crippen MR) is 457 cm³/mol. The molecule has 4 unspecified atom stereocenters. The minimum atomic E-state index is -3.33. The first-order chi connectivity index (χ1) is 51.8. The summed E-state index contributed by atoms with van der Waals surface area (Å²) in [6.45, 7) is 18.1. The third kappa shape index (κ3) is 115. The van der Waals surface area contributed by atoms with Gasteiger partial charge in [-0.25, -0.2) is 0 Å². The molecule has 0 radical (unpaired) electrons. The fraction of sp³-hybridized carbons (Fsp3) is 0.952. The van der Waals surface area contributed by atoms with Crippen LogP contribution >= 0.6 is 30.4 Å². The molecular weight excluding hydrogens is 1440 g/mol. The standard InChI is InChI=1S/2C23H48NO4P.2C19H40NO4P/c2*1-3-4-5-6-7-8-9-10-11-12-13-14-17-20-23(25)24-21-18-15-16-19-22-28-29(2,26)27;2*1-3-4-5-6-7-8-9-10-13-16-19(21)20-17-14-11-12-15-18-24-25(2,22)23/h2*3-22H2,1-2H3,(H,24,25)(H,26,27);2*3-18H2,1-2H3,(H,20,21)(H,22,23). The summed E-state index contributed by atoms with van der Waals surface area (Å²) in [5.41, 5.74) is 0. The molecule has 0 aromatic rings. The topological polar surface area (TPSA) is 303 Å². The molecule has 108 heavy (non-hydrogen) atoms. The van der Waals surface area contributed by atoms with Gasteiger partial charge in [0.15, 0.2) is 0 Å². The zero-order chi connectivity index (χ0) is 80.9. The van der Waals surface area contributed by atoms with Crippen LogP contribution in [0, 0.1) is 0 Å². The van der Waals surface area contributed by atoms with Gasteiger partial charge in [-0.2, -0.15) is 0 Å². The lowest BCUT2D eigenvalue weighted by Gasteiger charge is -2.07. The van der Waals surface area contributed by atoms with Crippen molar-refractivity contribution >= 4 is 54.0 Å². The van der Waals surface area contributed by atoms with Gasteiger partial charge in [-0.05, 0) is 77.0 Å². The molecule has 0 fully saturated rings. The lowest BCUT2D eigenvalue weighted by molar-refractivity contribution is -0.122. The van der Waals surface area contributed by atoms with Crippen molar-refractivity contribution in [3.05, 3.63) is 0 Å². The number of unbranched alkanes of at least 4 members (excludes halogenated alkanes) is 52. The Hall–Kier alpha value is -1.52. The molecule has 4 atom stereocenters. The van der Waals surface area contributed by atoms with E-state index in [1.54, 1.807) is 0 Å². The van der Waals surface area contributed by atoms with Crippen LogP contribution in [0.15, 0.2) is 0 Å². The number of rotatable bonds is 80. The van der Waals surface area contributed by atoms with Crippen LogP contribution in [0.1, 0.15) is 439 Å². The average molecular weight is 1620 g/mol. The van der Waals surface area contributed by atoms with Gasteiger partial charge in [0, 0.05) is 78.5 Å². The molecule has 20 nitrogen and oxygen atoms in total. The van der Waals surface area contributed by atoms with Crippen LogP contribution in [0.25, 0.3) is 0 Å². The van der Waals surface area contributed by atoms with E-state index >= 15 is 0 Å². The van der Waals surface area contributed by atoms with E-state index in [9.17, 15) is 37.4 Å². The van der Waals surface area contributed by atoms with E-state index in [4.69, 9.17) is 37.7 Å². The fourth-order valence-corrected chi connectivity index (χ4v) is 14.2. The second kappa shape index (κ2) is 87.9. The van der Waals surface area contributed by atoms with Crippen molar-refractivity contribution in [2.45, 2.75) is 439 Å². The molecule has 0 saturated heterocycles. The Kier molecular flexibility index (Phi) is 91.8. The molecule has 24 heteroatoms. The largest absolute Gasteiger partial charge is 0.356 e. The second-order valence-electron chi connectivity index (χ2n) is 30.7. The lowest BCUT2D eigenvalue weighted by atomic mass is 10.0. The summed E-state index contributed by atoms with van der Waals surface area (Å²) in [5, 5.41) is 11.9. The van der Waals surface area contributed by atoms with Crippen molar-refractivity contribution in [1.82, 2.24) is 21.3 Å². The van der Waals surface area contributed by atoms with Crippen LogP contribution < -0.4 is 21.3 Å². The SMILES string of the molecule is CCCCCCCCCCCC(=O)NCCCCCCOP(C)(=O)O.CCCCCCCCCCCC(=O)NCCCCCCOP(C)(=O)O.CCCCCCCCCCCCCCCC(=O)NCCCCCCOP(C)(=O)O.CCCCCCCCCCCCCCCC(=O)NCCCCCCOP(C)(=O)O. The summed E-state index contributed by atoms with van der Waals surface area (Å²) < 4.78 is 63.0. The van der Waals surface area contributed by atoms with Crippen molar-refractivity contribution < 1.29 is 75.1 Å². The van der Waals surface area contributed by atoms with Crippen LogP contribution in [-0.4, -0.2) is 122 Å². The van der Waals surface area contributed by atoms with Gasteiger partial charge in [-0.15, -0.1) is 0 Å². The number of amides is 4. The number of hydrogen-bond donors (Lipinski definition) is 8. The van der Waals surface area contributed by atoms with E-state index in [1.165, 1.54) is 258 Å². The monoisotopic (exact) mass is 1620 g/mol. The summed E-state index contributed by atoms with van der Waals surface area (Å²) >= 11 is 0. The van der Waals surface area contributed by atoms with Crippen LogP contribution in [0.4, 0.5) is 0 Å². The first-order valence-corrected chi connectivity index (χ1v) is 52.8. The Morgan fingerprint density at radius 3 is 0.463 bits per heavy atom. The van der Waals surface area contributed by atoms with Crippen molar-refractivity contribution in [2.75, 3.05) is 79.3 Å². The molecule has 0 spiro atoms. The van der Waals surface area contributed by atoms with E-state index in [1.807, 2.05) is 0 Å². The first kappa shape index (κ1) is 113. The van der Waals surface area contributed by atoms with Gasteiger partial charge in [0.2, 0.25) is 23.6 Å². The van der Waals surface area contributed by atoms with Gasteiger partial charge >= 0.3 is 30.4 Å². The van der Waals surface area contributed by atoms with Crippen LogP contribution in [-0.2, 0) is 55.5 Å². The maximum absolute atomic E-state index is 11.8. The molecule has 8 N–H and O–H groups in total. The number of hydrogen-bond acceptors (Lipinski definition) is 12. The minimum absolute atomic E-state index is 0.165. The summed E-state index contributed by atoms with van der Waals surface area (Å²) in [7, 11) is -13.3. The maximum Gasteiger partial charge on any atom is 0.325 e. The van der Waals surface area contributed by atoms with E-state index in [-0.39, 0.29) is 23.6 Å². The van der Waals surface area contributed by atoms with Gasteiger partial charge in [-0.1, -0.05) is 336 Å². The summed E-state index contributed by atoms with van der Waals surface area (Å²) in [6.07, 6.45) is 74.6. The zero-order valence-corrected chi connectivity index (χ0v) is 75.0. The van der Waals surface area contributed by atoms with E-state index in [0.29, 0.717) is 52.1 Å². The maximum atomic E-state index is 11.8. The normalized spacial score (nSPS) is 13.4. The Bertz CT molecular complexity index is 1970. The molecule has 0 rings (SSSR count).